The number of hydrogen-bond acceptors (Lipinski definition) is 8. The summed E-state index contributed by atoms with van der Waals surface area (Å²) in [5.41, 5.74) is 4.65. The largest absolute Gasteiger partial charge is 0.338 e. The predicted molar refractivity (Wildman–Crippen MR) is 245 cm³/mol. The van der Waals surface area contributed by atoms with Gasteiger partial charge in [-0.15, -0.1) is 0 Å². The molecular formula is C50H49BrF4N8O2. The standard InChI is InChI=1S/C24H20F2N4O.C17H16N4O.C7H5BrF2.2CH4/c25-20-4-3-17(14-21(20)26)15-24(16-27)7-12-30(13-8-24)23(31)19-2-1-9-29-22(19)18-5-10-28-11-6-18;18-12-13-5-10-21(11-6-13)17(22)15-2-1-7-20-16(15)14-3-8-19-9-4-14;8-4-5-1-2-6(9)7(10)3-5;;/h1-6,9-11,14H,7-8,12-13,15H2;1-4,7-9,13H,5-6,10-11H2;1-3H,4H2;2*1H4. The minimum Gasteiger partial charge on any atom is -0.338 e. The SMILES string of the molecule is C.C.Fc1ccc(CBr)cc1F.N#CC1(Cc2ccc(F)c(F)c2)CCN(C(=O)c2cccnc2-c2ccncc2)CC1.N#CC1CCN(C(=O)c2cccnc2-c2ccncc2)CC1. The van der Waals surface area contributed by atoms with Crippen molar-refractivity contribution >= 4 is 27.7 Å². The first-order valence-corrected chi connectivity index (χ1v) is 21.2. The lowest BCUT2D eigenvalue weighted by Gasteiger charge is -2.37. The summed E-state index contributed by atoms with van der Waals surface area (Å²) >= 11 is 3.13. The molecule has 0 unspecified atom stereocenters. The molecule has 2 aromatic carbocycles. The van der Waals surface area contributed by atoms with Crippen molar-refractivity contribution in [2.24, 2.45) is 11.3 Å². The molecule has 0 N–H and O–H groups in total. The van der Waals surface area contributed by atoms with E-state index in [9.17, 15) is 32.4 Å². The molecule has 2 aliphatic rings. The van der Waals surface area contributed by atoms with Gasteiger partial charge in [0.05, 0.1) is 40.1 Å². The molecule has 0 radical (unpaired) electrons. The van der Waals surface area contributed by atoms with Crippen LogP contribution in [0.1, 0.15) is 72.4 Å². The van der Waals surface area contributed by atoms with Crippen LogP contribution in [0.25, 0.3) is 22.5 Å². The lowest BCUT2D eigenvalue weighted by atomic mass is 9.75. The lowest BCUT2D eigenvalue weighted by molar-refractivity contribution is 0.0646. The molecule has 0 bridgehead atoms. The van der Waals surface area contributed by atoms with E-state index in [2.05, 4.69) is 48.0 Å². The van der Waals surface area contributed by atoms with E-state index in [1.54, 1.807) is 72.4 Å². The van der Waals surface area contributed by atoms with E-state index in [1.165, 1.54) is 18.2 Å². The number of aromatic nitrogens is 4. The van der Waals surface area contributed by atoms with Crippen LogP contribution in [0, 0.1) is 57.3 Å². The molecule has 65 heavy (non-hydrogen) atoms. The third-order valence-electron chi connectivity index (χ3n) is 10.9. The third-order valence-corrected chi connectivity index (χ3v) is 11.5. The number of likely N-dealkylation sites (tertiary alicyclic amines) is 2. The Balaban J connectivity index is 0.000000237. The van der Waals surface area contributed by atoms with Crippen molar-refractivity contribution in [3.63, 3.8) is 0 Å². The highest BCUT2D eigenvalue weighted by Crippen LogP contribution is 2.36. The smallest absolute Gasteiger partial charge is 0.256 e. The fraction of sp³-hybridized carbons (Fsp3) is 0.280. The van der Waals surface area contributed by atoms with Crippen molar-refractivity contribution in [2.45, 2.75) is 52.3 Å². The number of piperidine rings is 2. The number of alkyl halides is 1. The van der Waals surface area contributed by atoms with E-state index in [4.69, 9.17) is 5.26 Å². The third kappa shape index (κ3) is 13.1. The van der Waals surface area contributed by atoms with E-state index >= 15 is 0 Å². The maximum atomic E-state index is 13.6. The topological polar surface area (TPSA) is 140 Å². The molecule has 2 saturated heterocycles. The zero-order valence-corrected chi connectivity index (χ0v) is 35.6. The number of rotatable bonds is 7. The highest BCUT2D eigenvalue weighted by Gasteiger charge is 2.37. The summed E-state index contributed by atoms with van der Waals surface area (Å²) in [6.45, 7) is 2.06. The number of halogens is 5. The van der Waals surface area contributed by atoms with Gasteiger partial charge in [0.15, 0.2) is 23.3 Å². The molecule has 6 aromatic rings. The number of benzene rings is 2. The van der Waals surface area contributed by atoms with Gasteiger partial charge < -0.3 is 9.80 Å². The molecule has 2 fully saturated rings. The molecule has 0 spiro atoms. The molecule has 0 saturated carbocycles. The van der Waals surface area contributed by atoms with E-state index in [0.29, 0.717) is 78.8 Å². The monoisotopic (exact) mass is 948 g/mol. The molecule has 4 aromatic heterocycles. The first kappa shape index (κ1) is 50.8. The van der Waals surface area contributed by atoms with Crippen molar-refractivity contribution in [1.82, 2.24) is 29.7 Å². The highest BCUT2D eigenvalue weighted by atomic mass is 79.9. The summed E-state index contributed by atoms with van der Waals surface area (Å²) in [7, 11) is 0. The molecule has 6 heterocycles. The van der Waals surface area contributed by atoms with Crippen LogP contribution in [0.4, 0.5) is 17.6 Å². The Morgan fingerprint density at radius 1 is 0.631 bits per heavy atom. The quantitative estimate of drug-likeness (QED) is 0.114. The van der Waals surface area contributed by atoms with E-state index in [0.717, 1.165) is 47.7 Å². The van der Waals surface area contributed by atoms with Gasteiger partial charge in [-0.2, -0.15) is 10.5 Å². The van der Waals surface area contributed by atoms with Gasteiger partial charge >= 0.3 is 0 Å². The zero-order valence-electron chi connectivity index (χ0n) is 34.0. The molecular weight excluding hydrogens is 900 g/mol. The van der Waals surface area contributed by atoms with Crippen LogP contribution in [0.5, 0.6) is 0 Å². The molecule has 0 aliphatic carbocycles. The maximum Gasteiger partial charge on any atom is 0.256 e. The van der Waals surface area contributed by atoms with Gasteiger partial charge in [-0.25, -0.2) is 17.6 Å². The van der Waals surface area contributed by atoms with Crippen molar-refractivity contribution in [3.05, 3.63) is 168 Å². The van der Waals surface area contributed by atoms with Gasteiger partial charge in [-0.1, -0.05) is 42.9 Å². The van der Waals surface area contributed by atoms with Gasteiger partial charge in [0.1, 0.15) is 0 Å². The number of carbonyl (C=O) groups excluding carboxylic acids is 2. The van der Waals surface area contributed by atoms with Crippen LogP contribution in [0.15, 0.2) is 122 Å². The number of amides is 2. The van der Waals surface area contributed by atoms with Crippen molar-refractivity contribution in [2.75, 3.05) is 26.2 Å². The first-order chi connectivity index (χ1) is 30.5. The van der Waals surface area contributed by atoms with Gasteiger partial charge in [0, 0.05) is 85.7 Å². The fourth-order valence-electron chi connectivity index (χ4n) is 7.32. The highest BCUT2D eigenvalue weighted by molar-refractivity contribution is 9.08. The second kappa shape index (κ2) is 24.3. The van der Waals surface area contributed by atoms with E-state index in [1.807, 2.05) is 23.1 Å². The summed E-state index contributed by atoms with van der Waals surface area (Å²) < 4.78 is 51.4. The first-order valence-electron chi connectivity index (χ1n) is 20.1. The number of nitrogens with zero attached hydrogens (tertiary/aromatic N) is 8. The Bertz CT molecular complexity index is 2590. The number of carbonyl (C=O) groups is 2. The molecule has 8 rings (SSSR count). The normalized spacial score (nSPS) is 14.0. The van der Waals surface area contributed by atoms with Crippen molar-refractivity contribution in [1.29, 1.82) is 10.5 Å². The zero-order chi connectivity index (χ0) is 44.8. The Kier molecular flexibility index (Phi) is 19.0. The minimum absolute atomic E-state index is 0. The van der Waals surface area contributed by atoms with Crippen LogP contribution < -0.4 is 0 Å². The van der Waals surface area contributed by atoms with Crippen LogP contribution in [-0.2, 0) is 11.8 Å². The Hall–Kier alpha value is -6.84. The van der Waals surface area contributed by atoms with Gasteiger partial charge in [-0.05, 0) is 116 Å². The Morgan fingerprint density at radius 3 is 1.51 bits per heavy atom. The fourth-order valence-corrected chi connectivity index (χ4v) is 7.67. The molecule has 15 heteroatoms. The van der Waals surface area contributed by atoms with E-state index in [-0.39, 0.29) is 32.6 Å². The Morgan fingerprint density at radius 2 is 1.08 bits per heavy atom. The molecule has 0 atom stereocenters. The summed E-state index contributed by atoms with van der Waals surface area (Å²) in [6, 6.07) is 26.6. The van der Waals surface area contributed by atoms with Crippen LogP contribution in [-0.4, -0.2) is 67.7 Å². The lowest BCUT2D eigenvalue weighted by Crippen LogP contribution is -2.43. The molecule has 10 nitrogen and oxygen atoms in total. The molecule has 2 aliphatic heterocycles. The predicted octanol–water partition coefficient (Wildman–Crippen LogP) is 11.1. The van der Waals surface area contributed by atoms with Crippen LogP contribution >= 0.6 is 15.9 Å². The minimum atomic E-state index is -0.918. The van der Waals surface area contributed by atoms with Crippen molar-refractivity contribution in [3.8, 4) is 34.7 Å². The summed E-state index contributed by atoms with van der Waals surface area (Å²) in [5, 5.41) is 19.3. The average molecular weight is 950 g/mol. The number of nitriles is 2. The second-order valence-electron chi connectivity index (χ2n) is 15.0. The second-order valence-corrected chi connectivity index (χ2v) is 15.5. The Labute approximate surface area is 385 Å². The maximum absolute atomic E-state index is 13.6. The number of hydrogen-bond donors (Lipinski definition) is 0. The van der Waals surface area contributed by atoms with E-state index < -0.39 is 28.7 Å². The van der Waals surface area contributed by atoms with Gasteiger partial charge in [0.2, 0.25) is 0 Å². The van der Waals surface area contributed by atoms with Crippen LogP contribution in [0.2, 0.25) is 0 Å². The molecule has 336 valence electrons. The summed E-state index contributed by atoms with van der Waals surface area (Å²) in [6.07, 6.45) is 12.7. The average Bonchev–Trinajstić information content (AvgIpc) is 3.34. The van der Waals surface area contributed by atoms with Crippen LogP contribution in [0.3, 0.4) is 0 Å². The summed E-state index contributed by atoms with van der Waals surface area (Å²) in [5.74, 6) is -3.51. The van der Waals surface area contributed by atoms with Gasteiger partial charge in [0.25, 0.3) is 11.8 Å². The van der Waals surface area contributed by atoms with Crippen molar-refractivity contribution < 1.29 is 27.2 Å². The molecule has 2 amide bonds. The number of pyridine rings is 4. The van der Waals surface area contributed by atoms with Gasteiger partial charge in [-0.3, -0.25) is 29.5 Å². The summed E-state index contributed by atoms with van der Waals surface area (Å²) in [4.78, 5) is 46.3.